The first kappa shape index (κ1) is 10.9. The molecular formula is C12H22N2O. The summed E-state index contributed by atoms with van der Waals surface area (Å²) in [5, 5.41) is 6.26. The van der Waals surface area contributed by atoms with Crippen LogP contribution in [-0.2, 0) is 4.79 Å². The molecule has 2 unspecified atom stereocenters. The van der Waals surface area contributed by atoms with Crippen LogP contribution in [0.3, 0.4) is 0 Å². The van der Waals surface area contributed by atoms with Gasteiger partial charge in [0.15, 0.2) is 0 Å². The topological polar surface area (TPSA) is 41.1 Å². The van der Waals surface area contributed by atoms with Crippen molar-refractivity contribution in [3.05, 3.63) is 0 Å². The predicted molar refractivity (Wildman–Crippen MR) is 60.5 cm³/mol. The molecule has 1 aliphatic carbocycles. The lowest BCUT2D eigenvalue weighted by Gasteiger charge is -2.27. The summed E-state index contributed by atoms with van der Waals surface area (Å²) in [6.07, 6.45) is 4.56. The van der Waals surface area contributed by atoms with E-state index in [0.717, 1.165) is 32.0 Å². The highest BCUT2D eigenvalue weighted by atomic mass is 16.1. The Balaban J connectivity index is 1.59. The first-order valence-corrected chi connectivity index (χ1v) is 6.21. The van der Waals surface area contributed by atoms with Gasteiger partial charge in [-0.25, -0.2) is 0 Å². The average Bonchev–Trinajstić information content (AvgIpc) is 2.48. The van der Waals surface area contributed by atoms with Crippen LogP contribution in [0.1, 0.15) is 32.6 Å². The van der Waals surface area contributed by atoms with Crippen LogP contribution >= 0.6 is 0 Å². The molecule has 0 aromatic heterocycles. The van der Waals surface area contributed by atoms with Crippen molar-refractivity contribution in [2.75, 3.05) is 19.6 Å². The molecule has 0 bridgehead atoms. The molecule has 2 rings (SSSR count). The minimum atomic E-state index is 0.265. The van der Waals surface area contributed by atoms with Crippen LogP contribution in [-0.4, -0.2) is 25.5 Å². The number of carbonyl (C=O) groups is 1. The van der Waals surface area contributed by atoms with E-state index in [1.807, 2.05) is 0 Å². The van der Waals surface area contributed by atoms with Crippen LogP contribution in [0.5, 0.6) is 0 Å². The van der Waals surface area contributed by atoms with Crippen molar-refractivity contribution in [1.82, 2.24) is 10.6 Å². The Labute approximate surface area is 92.0 Å². The van der Waals surface area contributed by atoms with E-state index in [2.05, 4.69) is 17.6 Å². The molecule has 3 heteroatoms. The van der Waals surface area contributed by atoms with Crippen LogP contribution in [0.4, 0.5) is 0 Å². The zero-order valence-corrected chi connectivity index (χ0v) is 9.59. The quantitative estimate of drug-likeness (QED) is 0.731. The number of amides is 1. The molecule has 2 aliphatic rings. The lowest BCUT2D eigenvalue weighted by molar-refractivity contribution is -0.122. The summed E-state index contributed by atoms with van der Waals surface area (Å²) in [5.41, 5.74) is 0. The maximum absolute atomic E-state index is 11.6. The van der Waals surface area contributed by atoms with E-state index in [1.54, 1.807) is 0 Å². The van der Waals surface area contributed by atoms with Gasteiger partial charge in [0.2, 0.25) is 5.91 Å². The van der Waals surface area contributed by atoms with Gasteiger partial charge in [-0.05, 0) is 24.7 Å². The highest BCUT2D eigenvalue weighted by molar-refractivity contribution is 5.76. The summed E-state index contributed by atoms with van der Waals surface area (Å²) < 4.78 is 0. The van der Waals surface area contributed by atoms with Crippen LogP contribution in [0.25, 0.3) is 0 Å². The molecule has 1 heterocycles. The van der Waals surface area contributed by atoms with E-state index < -0.39 is 0 Å². The number of hydrogen-bond donors (Lipinski definition) is 2. The van der Waals surface area contributed by atoms with Crippen molar-refractivity contribution in [2.24, 2.45) is 17.8 Å². The zero-order valence-electron chi connectivity index (χ0n) is 9.59. The second-order valence-electron chi connectivity index (χ2n) is 5.32. The first-order valence-electron chi connectivity index (χ1n) is 6.21. The van der Waals surface area contributed by atoms with Gasteiger partial charge < -0.3 is 10.6 Å². The molecule has 1 saturated carbocycles. The van der Waals surface area contributed by atoms with Gasteiger partial charge in [-0.2, -0.15) is 0 Å². The fraction of sp³-hybridized carbons (Fsp3) is 0.917. The van der Waals surface area contributed by atoms with Gasteiger partial charge in [0.1, 0.15) is 0 Å². The maximum Gasteiger partial charge on any atom is 0.220 e. The molecule has 1 aliphatic heterocycles. The second kappa shape index (κ2) is 4.97. The van der Waals surface area contributed by atoms with Crippen molar-refractivity contribution in [1.29, 1.82) is 0 Å². The summed E-state index contributed by atoms with van der Waals surface area (Å²) >= 11 is 0. The fourth-order valence-corrected chi connectivity index (χ4v) is 2.60. The third kappa shape index (κ3) is 3.20. The minimum absolute atomic E-state index is 0.265. The summed E-state index contributed by atoms with van der Waals surface area (Å²) in [4.78, 5) is 11.6. The molecule has 0 spiro atoms. The molecule has 1 saturated heterocycles. The largest absolute Gasteiger partial charge is 0.356 e. The van der Waals surface area contributed by atoms with Gasteiger partial charge in [-0.1, -0.05) is 13.3 Å². The number of hydrogen-bond acceptors (Lipinski definition) is 2. The van der Waals surface area contributed by atoms with E-state index in [0.29, 0.717) is 11.8 Å². The Kier molecular flexibility index (Phi) is 3.62. The monoisotopic (exact) mass is 210 g/mol. The van der Waals surface area contributed by atoms with Crippen molar-refractivity contribution >= 4 is 5.91 Å². The van der Waals surface area contributed by atoms with Crippen LogP contribution in [0, 0.1) is 17.8 Å². The maximum atomic E-state index is 11.6. The van der Waals surface area contributed by atoms with Crippen LogP contribution < -0.4 is 10.6 Å². The summed E-state index contributed by atoms with van der Waals surface area (Å²) in [6, 6.07) is 0. The Bertz CT molecular complexity index is 226. The van der Waals surface area contributed by atoms with E-state index in [1.165, 1.54) is 19.3 Å². The van der Waals surface area contributed by atoms with Crippen molar-refractivity contribution in [2.45, 2.75) is 32.6 Å². The van der Waals surface area contributed by atoms with Crippen LogP contribution in [0.2, 0.25) is 0 Å². The number of nitrogens with one attached hydrogen (secondary N) is 2. The Morgan fingerprint density at radius 3 is 2.67 bits per heavy atom. The second-order valence-corrected chi connectivity index (χ2v) is 5.32. The first-order chi connectivity index (χ1) is 7.24. The normalized spacial score (nSPS) is 31.3. The van der Waals surface area contributed by atoms with E-state index in [-0.39, 0.29) is 5.91 Å². The van der Waals surface area contributed by atoms with Gasteiger partial charge in [0, 0.05) is 32.0 Å². The molecule has 0 aromatic rings. The average molecular weight is 210 g/mol. The van der Waals surface area contributed by atoms with Gasteiger partial charge in [-0.3, -0.25) is 4.79 Å². The highest BCUT2D eigenvalue weighted by Gasteiger charge is 2.24. The predicted octanol–water partition coefficient (Wildman–Crippen LogP) is 1.15. The third-order valence-corrected chi connectivity index (χ3v) is 3.73. The SMILES string of the molecule is CC1CCC(CC(=O)NCC2CNC2)C1. The molecule has 0 aromatic carbocycles. The number of carbonyl (C=O) groups excluding carboxylic acids is 1. The van der Waals surface area contributed by atoms with Gasteiger partial charge in [-0.15, -0.1) is 0 Å². The third-order valence-electron chi connectivity index (χ3n) is 3.73. The van der Waals surface area contributed by atoms with E-state index >= 15 is 0 Å². The summed E-state index contributed by atoms with van der Waals surface area (Å²) in [7, 11) is 0. The molecule has 0 radical (unpaired) electrons. The zero-order chi connectivity index (χ0) is 10.7. The fourth-order valence-electron chi connectivity index (χ4n) is 2.60. The molecular weight excluding hydrogens is 188 g/mol. The van der Waals surface area contributed by atoms with Gasteiger partial charge >= 0.3 is 0 Å². The molecule has 15 heavy (non-hydrogen) atoms. The molecule has 1 amide bonds. The summed E-state index contributed by atoms with van der Waals surface area (Å²) in [6.45, 7) is 5.30. The summed E-state index contributed by atoms with van der Waals surface area (Å²) in [5.74, 6) is 2.43. The lowest BCUT2D eigenvalue weighted by Crippen LogP contribution is -2.48. The molecule has 2 N–H and O–H groups in total. The molecule has 2 atom stereocenters. The van der Waals surface area contributed by atoms with E-state index in [9.17, 15) is 4.79 Å². The minimum Gasteiger partial charge on any atom is -0.356 e. The van der Waals surface area contributed by atoms with Gasteiger partial charge in [0.25, 0.3) is 0 Å². The molecule has 2 fully saturated rings. The van der Waals surface area contributed by atoms with Gasteiger partial charge in [0.05, 0.1) is 0 Å². The van der Waals surface area contributed by atoms with E-state index in [4.69, 9.17) is 0 Å². The highest BCUT2D eigenvalue weighted by Crippen LogP contribution is 2.32. The lowest BCUT2D eigenvalue weighted by atomic mass is 10.0. The van der Waals surface area contributed by atoms with Crippen molar-refractivity contribution in [3.63, 3.8) is 0 Å². The Hall–Kier alpha value is -0.570. The Morgan fingerprint density at radius 2 is 2.13 bits per heavy atom. The molecule has 3 nitrogen and oxygen atoms in total. The number of rotatable bonds is 4. The van der Waals surface area contributed by atoms with Crippen molar-refractivity contribution in [3.8, 4) is 0 Å². The van der Waals surface area contributed by atoms with Crippen LogP contribution in [0.15, 0.2) is 0 Å². The smallest absolute Gasteiger partial charge is 0.220 e. The standard InChI is InChI=1S/C12H22N2O/c1-9-2-3-10(4-9)5-12(15)14-8-11-6-13-7-11/h9-11,13H,2-8H2,1H3,(H,14,15). The molecule has 86 valence electrons. The van der Waals surface area contributed by atoms with Crippen molar-refractivity contribution < 1.29 is 4.79 Å². The Morgan fingerprint density at radius 1 is 1.33 bits per heavy atom.